The summed E-state index contributed by atoms with van der Waals surface area (Å²) in [4.78, 5) is 12.0. The van der Waals surface area contributed by atoms with Crippen LogP contribution >= 0.6 is 0 Å². The second-order valence-electron chi connectivity index (χ2n) is 5.87. The maximum Gasteiger partial charge on any atom is 0.319 e. The van der Waals surface area contributed by atoms with Crippen LogP contribution in [0.4, 0.5) is 10.5 Å². The Balaban J connectivity index is 1.80. The number of carbonyl (C=O) groups is 1. The maximum atomic E-state index is 12.0. The van der Waals surface area contributed by atoms with E-state index < -0.39 is 0 Å². The summed E-state index contributed by atoms with van der Waals surface area (Å²) in [5, 5.41) is 5.84. The van der Waals surface area contributed by atoms with E-state index in [-0.39, 0.29) is 6.03 Å². The van der Waals surface area contributed by atoms with Gasteiger partial charge in [-0.2, -0.15) is 0 Å². The van der Waals surface area contributed by atoms with Crippen molar-refractivity contribution in [1.29, 1.82) is 0 Å². The monoisotopic (exact) mass is 310 g/mol. The third-order valence-electron chi connectivity index (χ3n) is 3.90. The van der Waals surface area contributed by atoms with Crippen LogP contribution < -0.4 is 10.6 Å². The molecule has 0 spiro atoms. The number of rotatable bonds is 7. The van der Waals surface area contributed by atoms with E-state index in [1.807, 2.05) is 31.2 Å². The summed E-state index contributed by atoms with van der Waals surface area (Å²) in [6, 6.07) is 16.3. The Morgan fingerprint density at radius 1 is 1.00 bits per heavy atom. The Morgan fingerprint density at radius 2 is 1.78 bits per heavy atom. The lowest BCUT2D eigenvalue weighted by atomic mass is 10.0. The summed E-state index contributed by atoms with van der Waals surface area (Å²) in [5.41, 5.74) is 4.54. The first kappa shape index (κ1) is 17.1. The summed E-state index contributed by atoms with van der Waals surface area (Å²) in [5.74, 6) is 0. The molecule has 0 aliphatic heterocycles. The van der Waals surface area contributed by atoms with Gasteiger partial charge in [-0.25, -0.2) is 4.79 Å². The highest BCUT2D eigenvalue weighted by molar-refractivity contribution is 5.90. The van der Waals surface area contributed by atoms with Gasteiger partial charge in [0.15, 0.2) is 0 Å². The normalized spacial score (nSPS) is 10.3. The Kier molecular flexibility index (Phi) is 6.67. The first-order chi connectivity index (χ1) is 11.2. The van der Waals surface area contributed by atoms with Crippen LogP contribution in [-0.4, -0.2) is 12.6 Å². The van der Waals surface area contributed by atoms with E-state index in [9.17, 15) is 4.79 Å². The molecule has 0 saturated heterocycles. The van der Waals surface area contributed by atoms with E-state index in [4.69, 9.17) is 0 Å². The minimum Gasteiger partial charge on any atom is -0.338 e. The fraction of sp³-hybridized carbons (Fsp3) is 0.350. The van der Waals surface area contributed by atoms with Gasteiger partial charge in [-0.3, -0.25) is 0 Å². The molecule has 0 saturated carbocycles. The van der Waals surface area contributed by atoms with Crippen LogP contribution in [0, 0.1) is 6.92 Å². The predicted octanol–water partition coefficient (Wildman–Crippen LogP) is 4.70. The van der Waals surface area contributed by atoms with Crippen LogP contribution in [0.5, 0.6) is 0 Å². The molecule has 3 heteroatoms. The molecule has 0 aliphatic rings. The summed E-state index contributed by atoms with van der Waals surface area (Å²) in [6.07, 6.45) is 4.33. The van der Waals surface area contributed by atoms with Crippen molar-refractivity contribution in [2.45, 2.75) is 39.5 Å². The number of carbonyl (C=O) groups excluding carboxylic acids is 1. The van der Waals surface area contributed by atoms with Crippen LogP contribution in [0.2, 0.25) is 0 Å². The average molecular weight is 310 g/mol. The molecule has 0 bridgehead atoms. The molecule has 0 radical (unpaired) electrons. The summed E-state index contributed by atoms with van der Waals surface area (Å²) < 4.78 is 0. The molecule has 0 atom stereocenters. The molecule has 23 heavy (non-hydrogen) atoms. The zero-order chi connectivity index (χ0) is 16.5. The van der Waals surface area contributed by atoms with Crippen molar-refractivity contribution in [2.75, 3.05) is 11.9 Å². The summed E-state index contributed by atoms with van der Waals surface area (Å²) >= 11 is 0. The number of urea groups is 1. The van der Waals surface area contributed by atoms with Crippen LogP contribution in [0.25, 0.3) is 0 Å². The van der Waals surface area contributed by atoms with Gasteiger partial charge in [-0.05, 0) is 48.9 Å². The topological polar surface area (TPSA) is 41.1 Å². The molecule has 0 unspecified atom stereocenters. The van der Waals surface area contributed by atoms with Crippen molar-refractivity contribution >= 4 is 11.7 Å². The van der Waals surface area contributed by atoms with Gasteiger partial charge in [0, 0.05) is 12.2 Å². The zero-order valence-corrected chi connectivity index (χ0v) is 14.1. The second-order valence-corrected chi connectivity index (χ2v) is 5.87. The van der Waals surface area contributed by atoms with Crippen molar-refractivity contribution in [2.24, 2.45) is 0 Å². The third kappa shape index (κ3) is 5.78. The Labute approximate surface area is 139 Å². The van der Waals surface area contributed by atoms with Crippen molar-refractivity contribution < 1.29 is 4.79 Å². The lowest BCUT2D eigenvalue weighted by molar-refractivity contribution is 0.252. The summed E-state index contributed by atoms with van der Waals surface area (Å²) in [7, 11) is 0. The number of anilines is 1. The Bertz CT molecular complexity index is 623. The third-order valence-corrected chi connectivity index (χ3v) is 3.90. The highest BCUT2D eigenvalue weighted by Gasteiger charge is 2.05. The van der Waals surface area contributed by atoms with E-state index in [2.05, 4.69) is 41.8 Å². The molecule has 0 aromatic heterocycles. The van der Waals surface area contributed by atoms with Crippen LogP contribution in [0.1, 0.15) is 36.5 Å². The highest BCUT2D eigenvalue weighted by atomic mass is 16.2. The van der Waals surface area contributed by atoms with E-state index in [1.165, 1.54) is 24.0 Å². The molecule has 0 fully saturated rings. The SMILES string of the molecule is CCCCc1ccc(NC(=O)NCCc2ccccc2)c(C)c1. The molecule has 2 aromatic rings. The fourth-order valence-electron chi connectivity index (χ4n) is 2.53. The number of amides is 2. The molecule has 122 valence electrons. The van der Waals surface area contributed by atoms with Gasteiger partial charge >= 0.3 is 6.03 Å². The van der Waals surface area contributed by atoms with Crippen molar-refractivity contribution in [3.63, 3.8) is 0 Å². The Morgan fingerprint density at radius 3 is 2.48 bits per heavy atom. The van der Waals surface area contributed by atoms with Gasteiger partial charge in [0.1, 0.15) is 0 Å². The van der Waals surface area contributed by atoms with E-state index in [0.717, 1.165) is 24.1 Å². The Hall–Kier alpha value is -2.29. The first-order valence-corrected chi connectivity index (χ1v) is 8.37. The van der Waals surface area contributed by atoms with Gasteiger partial charge in [0.05, 0.1) is 0 Å². The fourth-order valence-corrected chi connectivity index (χ4v) is 2.53. The molecule has 2 rings (SSSR count). The standard InChI is InChI=1S/C20H26N2O/c1-3-4-8-18-11-12-19(16(2)15-18)22-20(23)21-14-13-17-9-6-5-7-10-17/h5-7,9-12,15H,3-4,8,13-14H2,1-2H3,(H2,21,22,23). The zero-order valence-electron chi connectivity index (χ0n) is 14.1. The number of aryl methyl sites for hydroxylation is 2. The molecule has 0 heterocycles. The van der Waals surface area contributed by atoms with E-state index >= 15 is 0 Å². The van der Waals surface area contributed by atoms with Gasteiger partial charge in [0.25, 0.3) is 0 Å². The van der Waals surface area contributed by atoms with Crippen LogP contribution in [0.15, 0.2) is 48.5 Å². The molecule has 2 N–H and O–H groups in total. The predicted molar refractivity (Wildman–Crippen MR) is 97.0 cm³/mol. The molecule has 2 aromatic carbocycles. The van der Waals surface area contributed by atoms with Crippen LogP contribution in [-0.2, 0) is 12.8 Å². The minimum atomic E-state index is -0.148. The van der Waals surface area contributed by atoms with Gasteiger partial charge in [0.2, 0.25) is 0 Å². The minimum absolute atomic E-state index is 0.148. The summed E-state index contributed by atoms with van der Waals surface area (Å²) in [6.45, 7) is 4.86. The lowest BCUT2D eigenvalue weighted by Crippen LogP contribution is -2.30. The molecular weight excluding hydrogens is 284 g/mol. The largest absolute Gasteiger partial charge is 0.338 e. The van der Waals surface area contributed by atoms with Crippen LogP contribution in [0.3, 0.4) is 0 Å². The molecule has 0 aliphatic carbocycles. The van der Waals surface area contributed by atoms with Gasteiger partial charge < -0.3 is 10.6 Å². The van der Waals surface area contributed by atoms with Crippen molar-refractivity contribution in [1.82, 2.24) is 5.32 Å². The first-order valence-electron chi connectivity index (χ1n) is 8.37. The highest BCUT2D eigenvalue weighted by Crippen LogP contribution is 2.17. The maximum absolute atomic E-state index is 12.0. The number of benzene rings is 2. The molecule has 3 nitrogen and oxygen atoms in total. The smallest absolute Gasteiger partial charge is 0.319 e. The molecular formula is C20H26N2O. The van der Waals surface area contributed by atoms with E-state index in [0.29, 0.717) is 6.54 Å². The number of nitrogens with one attached hydrogen (secondary N) is 2. The van der Waals surface area contributed by atoms with Crippen molar-refractivity contribution in [3.05, 3.63) is 65.2 Å². The second kappa shape index (κ2) is 8.99. The van der Waals surface area contributed by atoms with Gasteiger partial charge in [-0.1, -0.05) is 55.8 Å². The van der Waals surface area contributed by atoms with Gasteiger partial charge in [-0.15, -0.1) is 0 Å². The number of hydrogen-bond acceptors (Lipinski definition) is 1. The van der Waals surface area contributed by atoms with Crippen molar-refractivity contribution in [3.8, 4) is 0 Å². The van der Waals surface area contributed by atoms with E-state index in [1.54, 1.807) is 0 Å². The quantitative estimate of drug-likeness (QED) is 0.764. The lowest BCUT2D eigenvalue weighted by Gasteiger charge is -2.11. The number of hydrogen-bond donors (Lipinski definition) is 2. The number of unbranched alkanes of at least 4 members (excludes halogenated alkanes) is 1. The molecule has 2 amide bonds. The average Bonchev–Trinajstić information content (AvgIpc) is 2.56.